The normalized spacial score (nSPS) is 15.1. The number of piperidine rings is 1. The zero-order valence-electron chi connectivity index (χ0n) is 15.2. The van der Waals surface area contributed by atoms with Crippen molar-refractivity contribution in [2.75, 3.05) is 26.8 Å². The molecule has 2 aromatic rings. The second-order valence-corrected chi connectivity index (χ2v) is 6.33. The quantitative estimate of drug-likeness (QED) is 0.837. The lowest BCUT2D eigenvalue weighted by Crippen LogP contribution is -2.43. The highest BCUT2D eigenvalue weighted by molar-refractivity contribution is 6.08. The van der Waals surface area contributed by atoms with Crippen LogP contribution >= 0.6 is 0 Å². The predicted molar refractivity (Wildman–Crippen MR) is 98.9 cm³/mol. The van der Waals surface area contributed by atoms with Crippen molar-refractivity contribution in [1.29, 1.82) is 0 Å². The van der Waals surface area contributed by atoms with Crippen molar-refractivity contribution in [3.8, 4) is 5.75 Å². The first kappa shape index (κ1) is 18.2. The van der Waals surface area contributed by atoms with Crippen LogP contribution in [0.25, 0.3) is 10.8 Å². The third-order valence-corrected chi connectivity index (χ3v) is 4.80. The highest BCUT2D eigenvalue weighted by Crippen LogP contribution is 2.30. The fourth-order valence-electron chi connectivity index (χ4n) is 3.38. The van der Waals surface area contributed by atoms with E-state index in [1.807, 2.05) is 48.2 Å². The van der Waals surface area contributed by atoms with E-state index in [0.29, 0.717) is 38.1 Å². The summed E-state index contributed by atoms with van der Waals surface area (Å²) >= 11 is 0. The van der Waals surface area contributed by atoms with E-state index in [4.69, 9.17) is 9.57 Å². The standard InChI is InChI=1S/C20H24N2O4/c1-3-26-21-19(23)14-10-12-22(13-11-14)20(24)17-8-9-18(25-2)16-7-5-4-6-15(16)17/h4-9,14H,3,10-13H2,1-2H3,(H,21,23). The van der Waals surface area contributed by atoms with E-state index in [2.05, 4.69) is 5.48 Å². The third kappa shape index (κ3) is 3.65. The average molecular weight is 356 g/mol. The largest absolute Gasteiger partial charge is 0.496 e. The molecule has 3 rings (SSSR count). The monoisotopic (exact) mass is 356 g/mol. The molecule has 138 valence electrons. The summed E-state index contributed by atoms with van der Waals surface area (Å²) in [5.74, 6) is 0.531. The first-order chi connectivity index (χ1) is 12.7. The topological polar surface area (TPSA) is 67.9 Å². The minimum absolute atomic E-state index is 0.00693. The summed E-state index contributed by atoms with van der Waals surface area (Å²) in [4.78, 5) is 31.8. The van der Waals surface area contributed by atoms with Crippen molar-refractivity contribution < 1.29 is 19.2 Å². The molecule has 0 aromatic heterocycles. The number of nitrogens with zero attached hydrogens (tertiary/aromatic N) is 1. The summed E-state index contributed by atoms with van der Waals surface area (Å²) in [6, 6.07) is 11.4. The Hall–Kier alpha value is -2.60. The second kappa shape index (κ2) is 8.19. The number of ether oxygens (including phenoxy) is 1. The maximum absolute atomic E-state index is 13.0. The van der Waals surface area contributed by atoms with Gasteiger partial charge in [0.25, 0.3) is 5.91 Å². The van der Waals surface area contributed by atoms with Crippen LogP contribution in [-0.2, 0) is 9.63 Å². The van der Waals surface area contributed by atoms with E-state index in [0.717, 1.165) is 16.5 Å². The van der Waals surface area contributed by atoms with E-state index in [1.165, 1.54) is 0 Å². The van der Waals surface area contributed by atoms with Crippen molar-refractivity contribution in [3.05, 3.63) is 42.0 Å². The number of nitrogens with one attached hydrogen (secondary N) is 1. The number of carbonyl (C=O) groups is 2. The molecule has 2 aromatic carbocycles. The van der Waals surface area contributed by atoms with Crippen LogP contribution < -0.4 is 10.2 Å². The second-order valence-electron chi connectivity index (χ2n) is 6.33. The first-order valence-electron chi connectivity index (χ1n) is 8.92. The van der Waals surface area contributed by atoms with Crippen LogP contribution in [-0.4, -0.2) is 43.5 Å². The number of fused-ring (bicyclic) bond motifs is 1. The zero-order valence-corrected chi connectivity index (χ0v) is 15.2. The van der Waals surface area contributed by atoms with Gasteiger partial charge in [0.15, 0.2) is 0 Å². The molecule has 0 aliphatic carbocycles. The minimum Gasteiger partial charge on any atom is -0.496 e. The first-order valence-corrected chi connectivity index (χ1v) is 8.92. The zero-order chi connectivity index (χ0) is 18.5. The van der Waals surface area contributed by atoms with Gasteiger partial charge in [-0.3, -0.25) is 14.4 Å². The number of benzene rings is 2. The lowest BCUT2D eigenvalue weighted by molar-refractivity contribution is -0.138. The van der Waals surface area contributed by atoms with Crippen molar-refractivity contribution in [2.45, 2.75) is 19.8 Å². The molecule has 1 fully saturated rings. The Bertz CT molecular complexity index is 797. The van der Waals surface area contributed by atoms with Crippen LogP contribution in [0.4, 0.5) is 0 Å². The van der Waals surface area contributed by atoms with E-state index in [1.54, 1.807) is 7.11 Å². The summed E-state index contributed by atoms with van der Waals surface area (Å²) in [5.41, 5.74) is 3.12. The smallest absolute Gasteiger partial charge is 0.254 e. The molecular formula is C20H24N2O4. The van der Waals surface area contributed by atoms with E-state index in [9.17, 15) is 9.59 Å². The number of hydrogen-bond acceptors (Lipinski definition) is 4. The molecule has 6 heteroatoms. The Morgan fingerprint density at radius 2 is 1.81 bits per heavy atom. The van der Waals surface area contributed by atoms with E-state index < -0.39 is 0 Å². The van der Waals surface area contributed by atoms with Gasteiger partial charge in [-0.2, -0.15) is 0 Å². The molecule has 0 atom stereocenters. The SMILES string of the molecule is CCONC(=O)C1CCN(C(=O)c2ccc(OC)c3ccccc23)CC1. The lowest BCUT2D eigenvalue weighted by atomic mass is 9.95. The van der Waals surface area contributed by atoms with Gasteiger partial charge in [-0.05, 0) is 37.3 Å². The summed E-state index contributed by atoms with van der Waals surface area (Å²) < 4.78 is 5.40. The van der Waals surface area contributed by atoms with Gasteiger partial charge >= 0.3 is 0 Å². The summed E-state index contributed by atoms with van der Waals surface area (Å²) in [6.07, 6.45) is 1.28. The van der Waals surface area contributed by atoms with Crippen molar-refractivity contribution in [1.82, 2.24) is 10.4 Å². The Kier molecular flexibility index (Phi) is 5.73. The molecule has 1 saturated heterocycles. The Balaban J connectivity index is 1.73. The van der Waals surface area contributed by atoms with Crippen LogP contribution in [0.5, 0.6) is 5.75 Å². The predicted octanol–water partition coefficient (Wildman–Crippen LogP) is 2.77. The molecule has 2 amide bonds. The van der Waals surface area contributed by atoms with Crippen molar-refractivity contribution >= 4 is 22.6 Å². The van der Waals surface area contributed by atoms with Gasteiger partial charge in [0.2, 0.25) is 5.91 Å². The molecule has 6 nitrogen and oxygen atoms in total. The summed E-state index contributed by atoms with van der Waals surface area (Å²) in [5, 5.41) is 1.81. The Morgan fingerprint density at radius 1 is 1.12 bits per heavy atom. The number of carbonyl (C=O) groups excluding carboxylic acids is 2. The third-order valence-electron chi connectivity index (χ3n) is 4.80. The van der Waals surface area contributed by atoms with Gasteiger partial charge in [0.05, 0.1) is 13.7 Å². The molecule has 1 aliphatic rings. The molecule has 0 bridgehead atoms. The fraction of sp³-hybridized carbons (Fsp3) is 0.400. The Morgan fingerprint density at radius 3 is 2.46 bits per heavy atom. The molecule has 1 aliphatic heterocycles. The van der Waals surface area contributed by atoms with Gasteiger partial charge in [0, 0.05) is 30.0 Å². The van der Waals surface area contributed by atoms with Gasteiger partial charge in [-0.15, -0.1) is 0 Å². The maximum Gasteiger partial charge on any atom is 0.254 e. The molecule has 0 saturated carbocycles. The number of hydroxylamine groups is 1. The molecular weight excluding hydrogens is 332 g/mol. The highest BCUT2D eigenvalue weighted by atomic mass is 16.6. The van der Waals surface area contributed by atoms with Crippen molar-refractivity contribution in [2.24, 2.45) is 5.92 Å². The van der Waals surface area contributed by atoms with E-state index >= 15 is 0 Å². The number of amides is 2. The molecule has 26 heavy (non-hydrogen) atoms. The van der Waals surface area contributed by atoms with Crippen LogP contribution in [0.2, 0.25) is 0 Å². The van der Waals surface area contributed by atoms with Crippen molar-refractivity contribution in [3.63, 3.8) is 0 Å². The van der Waals surface area contributed by atoms with Crippen LogP contribution in [0.1, 0.15) is 30.1 Å². The summed E-state index contributed by atoms with van der Waals surface area (Å²) in [6.45, 7) is 3.38. The van der Waals surface area contributed by atoms with Gasteiger partial charge in [0.1, 0.15) is 5.75 Å². The average Bonchev–Trinajstić information content (AvgIpc) is 2.70. The lowest BCUT2D eigenvalue weighted by Gasteiger charge is -2.31. The molecule has 1 N–H and O–H groups in total. The van der Waals surface area contributed by atoms with Crippen LogP contribution in [0.3, 0.4) is 0 Å². The number of hydrogen-bond donors (Lipinski definition) is 1. The molecule has 0 radical (unpaired) electrons. The molecule has 0 spiro atoms. The Labute approximate surface area is 153 Å². The highest BCUT2D eigenvalue weighted by Gasteiger charge is 2.28. The summed E-state index contributed by atoms with van der Waals surface area (Å²) in [7, 11) is 1.63. The van der Waals surface area contributed by atoms with Crippen LogP contribution in [0.15, 0.2) is 36.4 Å². The molecule has 1 heterocycles. The molecule has 0 unspecified atom stereocenters. The van der Waals surface area contributed by atoms with Gasteiger partial charge in [-0.25, -0.2) is 5.48 Å². The minimum atomic E-state index is -0.113. The van der Waals surface area contributed by atoms with Gasteiger partial charge in [-0.1, -0.05) is 24.3 Å². The number of likely N-dealkylation sites (tertiary alicyclic amines) is 1. The van der Waals surface area contributed by atoms with E-state index in [-0.39, 0.29) is 17.7 Å². The van der Waals surface area contributed by atoms with Crippen LogP contribution in [0, 0.1) is 5.92 Å². The number of rotatable bonds is 5. The number of methoxy groups -OCH3 is 1. The maximum atomic E-state index is 13.0. The van der Waals surface area contributed by atoms with Gasteiger partial charge < -0.3 is 9.64 Å². The fourth-order valence-corrected chi connectivity index (χ4v) is 3.38.